The van der Waals surface area contributed by atoms with Crippen LogP contribution in [0.25, 0.3) is 33.1 Å². The van der Waals surface area contributed by atoms with E-state index in [0.29, 0.717) is 0 Å². The van der Waals surface area contributed by atoms with Crippen LogP contribution in [0, 0.1) is 0 Å². The number of pyridine rings is 1. The molecule has 26 heavy (non-hydrogen) atoms. The second-order valence-corrected chi connectivity index (χ2v) is 6.83. The van der Waals surface area contributed by atoms with E-state index in [-0.39, 0.29) is 0 Å². The summed E-state index contributed by atoms with van der Waals surface area (Å²) in [7, 11) is 4.21. The van der Waals surface area contributed by atoms with Gasteiger partial charge in [-0.3, -0.25) is 0 Å². The van der Waals surface area contributed by atoms with Gasteiger partial charge in [0.25, 0.3) is 0 Å². The Morgan fingerprint density at radius 2 is 1.92 bits per heavy atom. The molecule has 2 aromatic carbocycles. The first-order chi connectivity index (χ1) is 12.7. The lowest BCUT2D eigenvalue weighted by atomic mass is 10.1. The molecule has 132 valence electrons. The Bertz CT molecular complexity index is 1040. The minimum Gasteiger partial charge on any atom is -0.464 e. The van der Waals surface area contributed by atoms with Crippen molar-refractivity contribution < 1.29 is 4.42 Å². The Labute approximate surface area is 153 Å². The number of rotatable bonds is 6. The molecule has 0 atom stereocenters. The van der Waals surface area contributed by atoms with Crippen LogP contribution in [-0.2, 0) is 0 Å². The van der Waals surface area contributed by atoms with Gasteiger partial charge in [0.05, 0.1) is 17.5 Å². The number of aromatic nitrogens is 1. The number of furan rings is 1. The van der Waals surface area contributed by atoms with Crippen LogP contribution in [0.2, 0.25) is 0 Å². The van der Waals surface area contributed by atoms with Gasteiger partial charge in [-0.2, -0.15) is 0 Å². The minimum absolute atomic E-state index is 0.900. The third-order valence-corrected chi connectivity index (χ3v) is 4.56. The highest BCUT2D eigenvalue weighted by Gasteiger charge is 2.08. The third-order valence-electron chi connectivity index (χ3n) is 4.56. The average molecular weight is 345 g/mol. The molecule has 0 aliphatic carbocycles. The van der Waals surface area contributed by atoms with Crippen LogP contribution < -0.4 is 5.32 Å². The minimum atomic E-state index is 0.900. The summed E-state index contributed by atoms with van der Waals surface area (Å²) in [5.41, 5.74) is 5.11. The molecular formula is C22H23N3O. The molecule has 2 heterocycles. The first-order valence-electron chi connectivity index (χ1n) is 8.97. The molecule has 0 fully saturated rings. The molecule has 4 rings (SSSR count). The van der Waals surface area contributed by atoms with Gasteiger partial charge >= 0.3 is 0 Å². The predicted molar refractivity (Wildman–Crippen MR) is 109 cm³/mol. The summed E-state index contributed by atoms with van der Waals surface area (Å²) >= 11 is 0. The van der Waals surface area contributed by atoms with Crippen molar-refractivity contribution in [3.8, 4) is 11.3 Å². The second-order valence-electron chi connectivity index (χ2n) is 6.83. The molecule has 0 aliphatic rings. The molecule has 0 aliphatic heterocycles. The highest BCUT2D eigenvalue weighted by molar-refractivity contribution is 5.94. The van der Waals surface area contributed by atoms with E-state index in [2.05, 4.69) is 60.7 Å². The van der Waals surface area contributed by atoms with Crippen molar-refractivity contribution in [2.75, 3.05) is 32.5 Å². The van der Waals surface area contributed by atoms with Gasteiger partial charge in [0, 0.05) is 28.6 Å². The molecular weight excluding hydrogens is 322 g/mol. The predicted octanol–water partition coefficient (Wildman–Crippen LogP) is 5.01. The highest BCUT2D eigenvalue weighted by Crippen LogP contribution is 2.30. The first-order valence-corrected chi connectivity index (χ1v) is 8.97. The highest BCUT2D eigenvalue weighted by atomic mass is 16.3. The van der Waals surface area contributed by atoms with E-state index in [9.17, 15) is 0 Å². The zero-order valence-electron chi connectivity index (χ0n) is 15.2. The van der Waals surface area contributed by atoms with Crippen LogP contribution in [0.3, 0.4) is 0 Å². The molecule has 0 radical (unpaired) electrons. The molecule has 0 saturated carbocycles. The van der Waals surface area contributed by atoms with E-state index in [1.54, 1.807) is 6.26 Å². The lowest BCUT2D eigenvalue weighted by Crippen LogP contribution is -2.16. The second kappa shape index (κ2) is 7.18. The van der Waals surface area contributed by atoms with E-state index in [0.717, 1.165) is 58.3 Å². The number of hydrogen-bond acceptors (Lipinski definition) is 4. The fourth-order valence-corrected chi connectivity index (χ4v) is 3.21. The maximum atomic E-state index is 5.45. The van der Waals surface area contributed by atoms with Crippen molar-refractivity contribution in [1.82, 2.24) is 9.88 Å². The quantitative estimate of drug-likeness (QED) is 0.499. The number of anilines is 1. The summed E-state index contributed by atoms with van der Waals surface area (Å²) in [5, 5.41) is 5.85. The fraction of sp³-hybridized carbons (Fsp3) is 0.227. The first kappa shape index (κ1) is 16.6. The summed E-state index contributed by atoms with van der Waals surface area (Å²) in [6.45, 7) is 2.01. The zero-order chi connectivity index (χ0) is 17.9. The molecule has 0 bridgehead atoms. The maximum Gasteiger partial charge on any atom is 0.133 e. The lowest BCUT2D eigenvalue weighted by molar-refractivity contribution is 0.405. The van der Waals surface area contributed by atoms with Gasteiger partial charge in [0.2, 0.25) is 0 Å². The maximum absolute atomic E-state index is 5.45. The van der Waals surface area contributed by atoms with E-state index >= 15 is 0 Å². The van der Waals surface area contributed by atoms with Gasteiger partial charge in [-0.25, -0.2) is 4.98 Å². The number of para-hydroxylation sites is 1. The Kier molecular flexibility index (Phi) is 4.59. The summed E-state index contributed by atoms with van der Waals surface area (Å²) in [5.74, 6) is 0. The molecule has 4 aromatic rings. The lowest BCUT2D eigenvalue weighted by Gasteiger charge is -2.14. The Hall–Kier alpha value is -2.85. The van der Waals surface area contributed by atoms with Crippen LogP contribution in [0.4, 0.5) is 5.69 Å². The van der Waals surface area contributed by atoms with E-state index in [1.807, 2.05) is 18.2 Å². The van der Waals surface area contributed by atoms with E-state index < -0.39 is 0 Å². The van der Waals surface area contributed by atoms with Crippen molar-refractivity contribution in [1.29, 1.82) is 0 Å². The molecule has 0 unspecified atom stereocenters. The van der Waals surface area contributed by atoms with Crippen molar-refractivity contribution in [3.05, 3.63) is 60.9 Å². The normalized spacial score (nSPS) is 11.5. The number of nitrogens with one attached hydrogen (secondary N) is 1. The summed E-state index contributed by atoms with van der Waals surface area (Å²) < 4.78 is 5.45. The summed E-state index contributed by atoms with van der Waals surface area (Å²) in [4.78, 5) is 7.08. The Morgan fingerprint density at radius 1 is 1.04 bits per heavy atom. The van der Waals surface area contributed by atoms with Crippen molar-refractivity contribution in [3.63, 3.8) is 0 Å². The zero-order valence-corrected chi connectivity index (χ0v) is 15.2. The van der Waals surface area contributed by atoms with Crippen LogP contribution in [-0.4, -0.2) is 37.1 Å². The van der Waals surface area contributed by atoms with Gasteiger partial charge in [-0.05, 0) is 63.5 Å². The smallest absolute Gasteiger partial charge is 0.133 e. The molecule has 0 saturated heterocycles. The van der Waals surface area contributed by atoms with Crippen molar-refractivity contribution >= 4 is 27.6 Å². The fourth-order valence-electron chi connectivity index (χ4n) is 3.21. The van der Waals surface area contributed by atoms with E-state index in [1.165, 1.54) is 0 Å². The van der Waals surface area contributed by atoms with Gasteiger partial charge < -0.3 is 14.6 Å². The average Bonchev–Trinajstić information content (AvgIpc) is 3.12. The van der Waals surface area contributed by atoms with E-state index in [4.69, 9.17) is 9.40 Å². The summed E-state index contributed by atoms with van der Waals surface area (Å²) in [6.07, 6.45) is 2.82. The third kappa shape index (κ3) is 3.41. The number of hydrogen-bond donors (Lipinski definition) is 1. The number of fused-ring (bicyclic) bond motifs is 2. The summed E-state index contributed by atoms with van der Waals surface area (Å²) in [6, 6.07) is 18.6. The van der Waals surface area contributed by atoms with Gasteiger partial charge in [-0.15, -0.1) is 0 Å². The van der Waals surface area contributed by atoms with Gasteiger partial charge in [0.1, 0.15) is 5.58 Å². The monoisotopic (exact) mass is 345 g/mol. The molecule has 4 nitrogen and oxygen atoms in total. The SMILES string of the molecule is CN(C)CCCNc1cc(-c2ccc3occc3c2)nc2ccccc12. The van der Waals surface area contributed by atoms with Crippen LogP contribution in [0.15, 0.2) is 65.3 Å². The van der Waals surface area contributed by atoms with Crippen LogP contribution >= 0.6 is 0 Å². The van der Waals surface area contributed by atoms with Gasteiger partial charge in [0.15, 0.2) is 0 Å². The van der Waals surface area contributed by atoms with Crippen LogP contribution in [0.1, 0.15) is 6.42 Å². The Balaban J connectivity index is 1.70. The standard InChI is InChI=1S/C22H23N3O/c1-25(2)12-5-11-23-21-15-20(24-19-7-4-3-6-18(19)21)16-8-9-22-17(14-16)10-13-26-22/h3-4,6-10,13-15H,5,11-12H2,1-2H3,(H,23,24). The largest absolute Gasteiger partial charge is 0.464 e. The molecule has 4 heteroatoms. The topological polar surface area (TPSA) is 41.3 Å². The molecule has 0 spiro atoms. The van der Waals surface area contributed by atoms with Crippen molar-refractivity contribution in [2.24, 2.45) is 0 Å². The number of benzene rings is 2. The molecule has 1 N–H and O–H groups in total. The van der Waals surface area contributed by atoms with Gasteiger partial charge in [-0.1, -0.05) is 18.2 Å². The van der Waals surface area contributed by atoms with Crippen LogP contribution in [0.5, 0.6) is 0 Å². The molecule has 0 amide bonds. The molecule has 2 aromatic heterocycles. The van der Waals surface area contributed by atoms with Crippen molar-refractivity contribution in [2.45, 2.75) is 6.42 Å². The number of nitrogens with zero attached hydrogens (tertiary/aromatic N) is 2. The Morgan fingerprint density at radius 3 is 2.81 bits per heavy atom.